The summed E-state index contributed by atoms with van der Waals surface area (Å²) in [5.74, 6) is 1.43. The van der Waals surface area contributed by atoms with Crippen LogP contribution in [0.25, 0.3) is 0 Å². The Morgan fingerprint density at radius 3 is 2.84 bits per heavy atom. The number of hydrogen-bond acceptors (Lipinski definition) is 6. The van der Waals surface area contributed by atoms with Gasteiger partial charge in [0.2, 0.25) is 16.0 Å². The quantitative estimate of drug-likeness (QED) is 0.843. The first kappa shape index (κ1) is 17.6. The molecule has 0 saturated heterocycles. The highest BCUT2D eigenvalue weighted by atomic mass is 32.2. The van der Waals surface area contributed by atoms with Crippen molar-refractivity contribution < 1.29 is 8.42 Å². The fraction of sp³-hybridized carbons (Fsp3) is 0.412. The van der Waals surface area contributed by atoms with E-state index in [0.717, 1.165) is 36.3 Å². The molecule has 134 valence electrons. The molecule has 1 aromatic heterocycles. The van der Waals surface area contributed by atoms with E-state index in [1.165, 1.54) is 0 Å². The summed E-state index contributed by atoms with van der Waals surface area (Å²) < 4.78 is 23.2. The van der Waals surface area contributed by atoms with Crippen LogP contribution in [0.2, 0.25) is 0 Å². The van der Waals surface area contributed by atoms with Crippen LogP contribution in [0.3, 0.4) is 0 Å². The molecule has 0 saturated carbocycles. The van der Waals surface area contributed by atoms with E-state index in [-0.39, 0.29) is 4.90 Å². The van der Waals surface area contributed by atoms with Crippen molar-refractivity contribution in [2.75, 3.05) is 16.8 Å². The van der Waals surface area contributed by atoms with Crippen molar-refractivity contribution in [1.82, 2.24) is 9.97 Å². The van der Waals surface area contributed by atoms with Gasteiger partial charge in [-0.05, 0) is 49.1 Å². The number of aromatic nitrogens is 2. The number of nitrogens with one attached hydrogen (secondary N) is 1. The fourth-order valence-electron chi connectivity index (χ4n) is 2.82. The minimum atomic E-state index is -3.70. The fourth-order valence-corrected chi connectivity index (χ4v) is 3.39. The maximum atomic E-state index is 11.6. The van der Waals surface area contributed by atoms with Gasteiger partial charge in [-0.2, -0.15) is 4.98 Å². The van der Waals surface area contributed by atoms with Crippen LogP contribution in [0.5, 0.6) is 0 Å². The van der Waals surface area contributed by atoms with E-state index in [4.69, 9.17) is 5.14 Å². The number of nitrogens with two attached hydrogens (primary N) is 1. The molecule has 0 spiro atoms. The van der Waals surface area contributed by atoms with Crippen LogP contribution in [0.4, 0.5) is 11.8 Å². The molecule has 7 nitrogen and oxygen atoms in total. The zero-order valence-electron chi connectivity index (χ0n) is 14.4. The lowest BCUT2D eigenvalue weighted by Gasteiger charge is -2.30. The lowest BCUT2D eigenvalue weighted by molar-refractivity contribution is 0.597. The lowest BCUT2D eigenvalue weighted by atomic mass is 10.00. The summed E-state index contributed by atoms with van der Waals surface area (Å²) in [6.45, 7) is 5.61. The molecule has 3 N–H and O–H groups in total. The standard InChI is InChI=1S/C17H23N5O2S/c1-3-12(2)20-17-19-8-6-16(21-17)22-9-7-13-4-5-15(25(18,23)24)10-14(13)11-22/h4-6,8,10,12H,3,7,9,11H2,1-2H3,(H2,18,23,24)(H,19,20,21)/t12-/m1/s1. The largest absolute Gasteiger partial charge is 0.352 e. The second-order valence-corrected chi connectivity index (χ2v) is 7.90. The molecule has 2 heterocycles. The van der Waals surface area contributed by atoms with Gasteiger partial charge in [-0.1, -0.05) is 13.0 Å². The number of nitrogens with zero attached hydrogens (tertiary/aromatic N) is 3. The molecule has 3 rings (SSSR count). The van der Waals surface area contributed by atoms with E-state index in [2.05, 4.69) is 34.0 Å². The molecule has 1 atom stereocenters. The van der Waals surface area contributed by atoms with E-state index in [0.29, 0.717) is 18.5 Å². The zero-order chi connectivity index (χ0) is 18.0. The van der Waals surface area contributed by atoms with Crippen LogP contribution in [0.1, 0.15) is 31.4 Å². The van der Waals surface area contributed by atoms with Gasteiger partial charge < -0.3 is 10.2 Å². The number of hydrogen-bond donors (Lipinski definition) is 2. The summed E-state index contributed by atoms with van der Waals surface area (Å²) in [4.78, 5) is 11.1. The van der Waals surface area contributed by atoms with Crippen molar-refractivity contribution in [3.8, 4) is 0 Å². The highest BCUT2D eigenvalue weighted by Gasteiger charge is 2.20. The number of benzene rings is 1. The van der Waals surface area contributed by atoms with Crippen molar-refractivity contribution in [1.29, 1.82) is 0 Å². The molecule has 0 amide bonds. The molecule has 0 unspecified atom stereocenters. The number of sulfonamides is 1. The van der Waals surface area contributed by atoms with E-state index in [1.54, 1.807) is 18.3 Å². The third-order valence-corrected chi connectivity index (χ3v) is 5.38. The number of primary sulfonamides is 1. The van der Waals surface area contributed by atoms with Crippen LogP contribution in [-0.4, -0.2) is 31.0 Å². The van der Waals surface area contributed by atoms with Crippen LogP contribution in [0.15, 0.2) is 35.4 Å². The molecule has 1 aliphatic rings. The topological polar surface area (TPSA) is 101 Å². The van der Waals surface area contributed by atoms with E-state index in [1.807, 2.05) is 12.1 Å². The van der Waals surface area contributed by atoms with Gasteiger partial charge in [-0.3, -0.25) is 0 Å². The zero-order valence-corrected chi connectivity index (χ0v) is 15.3. The Morgan fingerprint density at radius 1 is 1.32 bits per heavy atom. The molecule has 25 heavy (non-hydrogen) atoms. The van der Waals surface area contributed by atoms with Gasteiger partial charge in [0.25, 0.3) is 0 Å². The molecule has 1 aliphatic heterocycles. The lowest BCUT2D eigenvalue weighted by Crippen LogP contribution is -2.31. The second kappa shape index (κ2) is 6.97. The Kier molecular flexibility index (Phi) is 4.91. The SMILES string of the molecule is CC[C@@H](C)Nc1nccc(N2CCc3ccc(S(N)(=O)=O)cc3C2)n1. The number of fused-ring (bicyclic) bond motifs is 1. The van der Waals surface area contributed by atoms with Crippen LogP contribution >= 0.6 is 0 Å². The minimum absolute atomic E-state index is 0.148. The van der Waals surface area contributed by atoms with Crippen LogP contribution < -0.4 is 15.4 Å². The van der Waals surface area contributed by atoms with Gasteiger partial charge in [0.05, 0.1) is 4.90 Å². The summed E-state index contributed by atoms with van der Waals surface area (Å²) in [6, 6.07) is 7.26. The molecule has 8 heteroatoms. The highest BCUT2D eigenvalue weighted by Crippen LogP contribution is 2.25. The molecule has 0 radical (unpaired) electrons. The van der Waals surface area contributed by atoms with Crippen molar-refractivity contribution in [2.24, 2.45) is 5.14 Å². The number of anilines is 2. The third kappa shape index (κ3) is 4.08. The first-order chi connectivity index (χ1) is 11.9. The van der Waals surface area contributed by atoms with Crippen molar-refractivity contribution in [3.63, 3.8) is 0 Å². The van der Waals surface area contributed by atoms with Crippen molar-refractivity contribution >= 4 is 21.8 Å². The van der Waals surface area contributed by atoms with Crippen LogP contribution in [-0.2, 0) is 23.0 Å². The maximum Gasteiger partial charge on any atom is 0.238 e. The van der Waals surface area contributed by atoms with Gasteiger partial charge in [-0.25, -0.2) is 18.5 Å². The Balaban J connectivity index is 1.84. The Hall–Kier alpha value is -2.19. The summed E-state index contributed by atoms with van der Waals surface area (Å²) in [6.07, 6.45) is 3.56. The first-order valence-electron chi connectivity index (χ1n) is 8.36. The Bertz CT molecular complexity index is 869. The second-order valence-electron chi connectivity index (χ2n) is 6.34. The molecule has 0 bridgehead atoms. The van der Waals surface area contributed by atoms with E-state index < -0.39 is 10.0 Å². The average molecular weight is 361 g/mol. The van der Waals surface area contributed by atoms with Crippen molar-refractivity contribution in [3.05, 3.63) is 41.6 Å². The number of rotatable bonds is 5. The van der Waals surface area contributed by atoms with Crippen LogP contribution in [0, 0.1) is 0 Å². The summed E-state index contributed by atoms with van der Waals surface area (Å²) in [5.41, 5.74) is 2.11. The molecule has 1 aromatic carbocycles. The van der Waals surface area contributed by atoms with Gasteiger partial charge in [0.1, 0.15) is 5.82 Å². The molecular weight excluding hydrogens is 338 g/mol. The Morgan fingerprint density at radius 2 is 2.12 bits per heavy atom. The summed E-state index contributed by atoms with van der Waals surface area (Å²) >= 11 is 0. The van der Waals surface area contributed by atoms with E-state index >= 15 is 0 Å². The van der Waals surface area contributed by atoms with Gasteiger partial charge in [0.15, 0.2) is 0 Å². The summed E-state index contributed by atoms with van der Waals surface area (Å²) in [7, 11) is -3.70. The van der Waals surface area contributed by atoms with Gasteiger partial charge in [-0.15, -0.1) is 0 Å². The van der Waals surface area contributed by atoms with E-state index in [9.17, 15) is 8.42 Å². The average Bonchev–Trinajstić information content (AvgIpc) is 2.60. The smallest absolute Gasteiger partial charge is 0.238 e. The first-order valence-corrected chi connectivity index (χ1v) is 9.90. The molecule has 0 aliphatic carbocycles. The molecule has 2 aromatic rings. The third-order valence-electron chi connectivity index (χ3n) is 4.47. The van der Waals surface area contributed by atoms with Gasteiger partial charge >= 0.3 is 0 Å². The predicted octanol–water partition coefficient (Wildman–Crippen LogP) is 1.90. The monoisotopic (exact) mass is 361 g/mol. The maximum absolute atomic E-state index is 11.6. The molecular formula is C17H23N5O2S. The molecule has 0 fully saturated rings. The van der Waals surface area contributed by atoms with Gasteiger partial charge in [0, 0.05) is 25.3 Å². The van der Waals surface area contributed by atoms with Crippen molar-refractivity contribution in [2.45, 2.75) is 44.2 Å². The minimum Gasteiger partial charge on any atom is -0.352 e. The normalized spacial score (nSPS) is 15.6. The summed E-state index contributed by atoms with van der Waals surface area (Å²) in [5, 5.41) is 8.52. The predicted molar refractivity (Wildman–Crippen MR) is 98.0 cm³/mol. The Labute approximate surface area is 148 Å². The highest BCUT2D eigenvalue weighted by molar-refractivity contribution is 7.89.